The molecular formula is C37H49ClN2O6S. The van der Waals surface area contributed by atoms with E-state index in [1.165, 1.54) is 11.1 Å². The van der Waals surface area contributed by atoms with Crippen molar-refractivity contribution in [2.45, 2.75) is 108 Å². The molecule has 9 atom stereocenters. The highest BCUT2D eigenvalue weighted by atomic mass is 35.5. The van der Waals surface area contributed by atoms with Gasteiger partial charge in [-0.05, 0) is 125 Å². The maximum absolute atomic E-state index is 13.5. The lowest BCUT2D eigenvalue weighted by atomic mass is 9.64. The number of nitrogens with one attached hydrogen (secondary N) is 1. The van der Waals surface area contributed by atoms with Crippen molar-refractivity contribution in [3.63, 3.8) is 0 Å². The van der Waals surface area contributed by atoms with Gasteiger partial charge >= 0.3 is 0 Å². The van der Waals surface area contributed by atoms with Crippen LogP contribution >= 0.6 is 11.6 Å². The molecule has 1 N–H and O–H groups in total. The molecule has 1 spiro atoms. The first kappa shape index (κ1) is 33.2. The van der Waals surface area contributed by atoms with E-state index in [-0.39, 0.29) is 35.7 Å². The van der Waals surface area contributed by atoms with Gasteiger partial charge in [0.25, 0.3) is 5.91 Å². The Kier molecular flexibility index (Phi) is 9.07. The second kappa shape index (κ2) is 12.8. The number of ether oxygens (including phenoxy) is 3. The van der Waals surface area contributed by atoms with Crippen LogP contribution in [0.1, 0.15) is 94.1 Å². The largest absolute Gasteiger partial charge is 0.490 e. The Balaban J connectivity index is 1.29. The summed E-state index contributed by atoms with van der Waals surface area (Å²) < 4.78 is 48.8. The van der Waals surface area contributed by atoms with Gasteiger partial charge in [0.1, 0.15) is 5.75 Å². The molecule has 1 saturated carbocycles. The quantitative estimate of drug-likeness (QED) is 0.350. The van der Waals surface area contributed by atoms with Gasteiger partial charge in [0.05, 0.1) is 29.8 Å². The highest BCUT2D eigenvalue weighted by molar-refractivity contribution is 7.90. The molecule has 2 aromatic rings. The molecule has 8 nitrogen and oxygen atoms in total. The predicted molar refractivity (Wildman–Crippen MR) is 184 cm³/mol. The standard InChI is InChI=1S/C37H49ClN2O6S/c1-22-7-5-9-31(36-45-23(2)24(3)46-36)30-13-10-28(30)19-40-20-37(16-6-8-26-17-29(38)12-14-32(26)37)21-44-34-15-11-27(18-33(34)40)35(41)39-47(42,43)25(22)4/h11-12,14-15,17-18,22-25,28,30-31,36H,5-10,13,16,19-21H2,1-4H3,(H,39,41)/t22-,23-,24+,25+,28-,30+,31+,36+,37-/m0/s1. The molecule has 2 bridgehead atoms. The minimum Gasteiger partial charge on any atom is -0.490 e. The monoisotopic (exact) mass is 684 g/mol. The molecule has 2 aromatic carbocycles. The molecule has 10 heteroatoms. The van der Waals surface area contributed by atoms with Gasteiger partial charge in [-0.1, -0.05) is 31.0 Å². The number of benzene rings is 2. The van der Waals surface area contributed by atoms with E-state index in [1.807, 2.05) is 25.1 Å². The second-order valence-electron chi connectivity index (χ2n) is 15.1. The van der Waals surface area contributed by atoms with Crippen molar-refractivity contribution in [1.29, 1.82) is 0 Å². The van der Waals surface area contributed by atoms with Crippen molar-refractivity contribution in [3.05, 3.63) is 58.1 Å². The van der Waals surface area contributed by atoms with Crippen LogP contribution in [0.5, 0.6) is 5.75 Å². The Labute approximate surface area is 284 Å². The van der Waals surface area contributed by atoms with Crippen molar-refractivity contribution < 1.29 is 27.4 Å². The summed E-state index contributed by atoms with van der Waals surface area (Å²) in [4.78, 5) is 16.0. The van der Waals surface area contributed by atoms with Gasteiger partial charge in [-0.3, -0.25) is 4.79 Å². The van der Waals surface area contributed by atoms with E-state index in [2.05, 4.69) is 35.6 Å². The smallest absolute Gasteiger partial charge is 0.264 e. The van der Waals surface area contributed by atoms with Crippen LogP contribution in [-0.4, -0.2) is 57.8 Å². The second-order valence-corrected chi connectivity index (χ2v) is 17.6. The van der Waals surface area contributed by atoms with Crippen molar-refractivity contribution in [2.24, 2.45) is 23.7 Å². The van der Waals surface area contributed by atoms with E-state index in [9.17, 15) is 13.2 Å². The number of aryl methyl sites for hydroxylation is 1. The molecule has 47 heavy (non-hydrogen) atoms. The lowest BCUT2D eigenvalue weighted by Gasteiger charge is -2.47. The lowest BCUT2D eigenvalue weighted by molar-refractivity contribution is -0.137. The molecule has 0 unspecified atom stereocenters. The Morgan fingerprint density at radius 2 is 1.72 bits per heavy atom. The molecule has 256 valence electrons. The molecule has 1 saturated heterocycles. The van der Waals surface area contributed by atoms with Crippen LogP contribution in [0, 0.1) is 23.7 Å². The van der Waals surface area contributed by atoms with Crippen LogP contribution in [0.4, 0.5) is 5.69 Å². The number of carbonyl (C=O) groups excluding carboxylic acids is 1. The maximum Gasteiger partial charge on any atom is 0.264 e. The zero-order valence-electron chi connectivity index (χ0n) is 28.0. The molecule has 1 amide bonds. The predicted octanol–water partition coefficient (Wildman–Crippen LogP) is 6.87. The summed E-state index contributed by atoms with van der Waals surface area (Å²) in [7, 11) is -3.89. The van der Waals surface area contributed by atoms with Crippen molar-refractivity contribution in [2.75, 3.05) is 24.6 Å². The average Bonchev–Trinajstić information content (AvgIpc) is 3.28. The molecule has 7 rings (SSSR count). The summed E-state index contributed by atoms with van der Waals surface area (Å²) in [5.41, 5.74) is 3.50. The fourth-order valence-corrected chi connectivity index (χ4v) is 10.4. The van der Waals surface area contributed by atoms with Crippen molar-refractivity contribution >= 4 is 33.2 Å². The van der Waals surface area contributed by atoms with Gasteiger partial charge in [-0.15, -0.1) is 0 Å². The first-order valence-corrected chi connectivity index (χ1v) is 19.5. The van der Waals surface area contributed by atoms with Gasteiger partial charge in [-0.2, -0.15) is 0 Å². The lowest BCUT2D eigenvalue weighted by Crippen LogP contribution is -2.50. The van der Waals surface area contributed by atoms with Crippen molar-refractivity contribution in [1.82, 2.24) is 4.72 Å². The van der Waals surface area contributed by atoms with E-state index in [4.69, 9.17) is 25.8 Å². The Hall–Kier alpha value is -2.33. The van der Waals surface area contributed by atoms with Crippen LogP contribution in [0.15, 0.2) is 36.4 Å². The van der Waals surface area contributed by atoms with E-state index in [0.29, 0.717) is 24.0 Å². The fourth-order valence-electron chi connectivity index (χ4n) is 8.85. The number of carbonyl (C=O) groups is 1. The molecule has 2 aliphatic carbocycles. The molecule has 3 heterocycles. The SMILES string of the molecule is C[C@@H]1O[C@@H]([C@@H]2CCC[C@H](C)[C@@H](C)S(=O)(=O)NC(=O)c3ccc4c(c3)N(C[C@@H]3CC[C@H]32)C[C@@]2(CCCc3cc(Cl)ccc32)CO4)O[C@@H]1C. The van der Waals surface area contributed by atoms with E-state index in [1.54, 1.807) is 13.0 Å². The van der Waals surface area contributed by atoms with Gasteiger partial charge in [0.2, 0.25) is 10.0 Å². The van der Waals surface area contributed by atoms with E-state index >= 15 is 0 Å². The summed E-state index contributed by atoms with van der Waals surface area (Å²) in [6.45, 7) is 9.93. The van der Waals surface area contributed by atoms with E-state index < -0.39 is 21.2 Å². The Bertz CT molecular complexity index is 1610. The zero-order valence-corrected chi connectivity index (χ0v) is 29.6. The average molecular weight is 685 g/mol. The minimum absolute atomic E-state index is 0.0411. The fraction of sp³-hybridized carbons (Fsp3) is 0.649. The van der Waals surface area contributed by atoms with Crippen molar-refractivity contribution in [3.8, 4) is 5.75 Å². The summed E-state index contributed by atoms with van der Waals surface area (Å²) in [5.74, 6) is 1.09. The third-order valence-electron chi connectivity index (χ3n) is 12.2. The maximum atomic E-state index is 13.5. The molecule has 2 fully saturated rings. The number of rotatable bonds is 1. The molecule has 3 aliphatic heterocycles. The molecule has 5 aliphatic rings. The molecule has 0 aromatic heterocycles. The van der Waals surface area contributed by atoms with Gasteiger partial charge in [0.15, 0.2) is 6.29 Å². The normalized spacial score (nSPS) is 37.1. The summed E-state index contributed by atoms with van der Waals surface area (Å²) >= 11 is 6.46. The number of halogens is 1. The highest BCUT2D eigenvalue weighted by Crippen LogP contribution is 2.49. The van der Waals surface area contributed by atoms with Gasteiger partial charge < -0.3 is 19.1 Å². The molecule has 0 radical (unpaired) electrons. The first-order chi connectivity index (χ1) is 22.4. The number of nitrogens with zero attached hydrogens (tertiary/aromatic N) is 1. The van der Waals surface area contributed by atoms with Gasteiger partial charge in [-0.25, -0.2) is 13.1 Å². The topological polar surface area (TPSA) is 94.2 Å². The van der Waals surface area contributed by atoms with Crippen LogP contribution in [0.25, 0.3) is 0 Å². The Morgan fingerprint density at radius 3 is 2.47 bits per heavy atom. The van der Waals surface area contributed by atoms with E-state index in [0.717, 1.165) is 80.9 Å². The summed E-state index contributed by atoms with van der Waals surface area (Å²) in [5, 5.41) is 0.0370. The van der Waals surface area contributed by atoms with Crippen LogP contribution < -0.4 is 14.4 Å². The third-order valence-corrected chi connectivity index (χ3v) is 14.4. The highest BCUT2D eigenvalue weighted by Gasteiger charge is 2.48. The number of hydrogen-bond donors (Lipinski definition) is 1. The van der Waals surface area contributed by atoms with Crippen LogP contribution in [0.3, 0.4) is 0 Å². The minimum atomic E-state index is -3.89. The number of fused-ring (bicyclic) bond motifs is 4. The first-order valence-electron chi connectivity index (χ1n) is 17.6. The van der Waals surface area contributed by atoms with Crippen LogP contribution in [-0.2, 0) is 31.3 Å². The zero-order chi connectivity index (χ0) is 33.1. The number of hydrogen-bond acceptors (Lipinski definition) is 7. The number of amides is 1. The molecular weight excluding hydrogens is 636 g/mol. The number of sulfonamides is 1. The summed E-state index contributed by atoms with van der Waals surface area (Å²) in [6.07, 6.45) is 7.63. The number of anilines is 1. The Morgan fingerprint density at radius 1 is 0.936 bits per heavy atom. The summed E-state index contributed by atoms with van der Waals surface area (Å²) in [6, 6.07) is 11.6. The van der Waals surface area contributed by atoms with Gasteiger partial charge in [0, 0.05) is 35.0 Å². The third kappa shape index (κ3) is 6.30. The van der Waals surface area contributed by atoms with Crippen LogP contribution in [0.2, 0.25) is 5.02 Å².